The van der Waals surface area contributed by atoms with E-state index in [4.69, 9.17) is 19.9 Å². The molecule has 1 aromatic heterocycles. The highest BCUT2D eigenvalue weighted by Gasteiger charge is 2.42. The van der Waals surface area contributed by atoms with Crippen molar-refractivity contribution >= 4 is 52.9 Å². The molecule has 15 heteroatoms. The Morgan fingerprint density at radius 3 is 2.67 bits per heavy atom. The summed E-state index contributed by atoms with van der Waals surface area (Å²) in [6.45, 7) is 4.07. The molecule has 0 unspecified atom stereocenters. The molecular formula is C31H41BN6O7S. The van der Waals surface area contributed by atoms with Crippen molar-refractivity contribution in [3.05, 3.63) is 42.1 Å². The molecule has 2 aliphatic heterocycles. The van der Waals surface area contributed by atoms with Crippen molar-refractivity contribution < 1.29 is 33.8 Å². The average molecular weight is 653 g/mol. The first-order valence-electron chi connectivity index (χ1n) is 15.6. The van der Waals surface area contributed by atoms with Crippen LogP contribution in [0.15, 0.2) is 36.4 Å². The van der Waals surface area contributed by atoms with Crippen molar-refractivity contribution in [2.45, 2.75) is 49.9 Å². The summed E-state index contributed by atoms with van der Waals surface area (Å²) in [7, 11) is -1.62. The number of carbonyl (C=O) groups excluding carboxylic acids is 2. The van der Waals surface area contributed by atoms with Gasteiger partial charge >= 0.3 is 13.1 Å². The minimum Gasteiger partial charge on any atom is -0.491 e. The largest absolute Gasteiger partial charge is 0.491 e. The van der Waals surface area contributed by atoms with Crippen LogP contribution >= 0.6 is 11.8 Å². The third-order valence-electron chi connectivity index (χ3n) is 8.11. The standard InChI is InChI=1S/C31H41BN6O7S/c1-19-23-16-20(6-8-22(23)30(33)38-37-19)24-17-21(32(41)42)7-9-26(24)45-15-14-44-13-12-43-11-10-34-28(39)5-3-2-4-27-29-25(18-46-27)35-31(40)36-29/h6-9,16-17,25,27,29,41-42H,2-5,10-15,18H2,1H3,(H2,33,38)(H,34,39)(H2,35,36,40)/t25-,27-,29-/m0/s1. The zero-order valence-electron chi connectivity index (χ0n) is 25.9. The lowest BCUT2D eigenvalue weighted by atomic mass is 9.79. The molecule has 46 heavy (non-hydrogen) atoms. The van der Waals surface area contributed by atoms with Gasteiger partial charge in [-0.1, -0.05) is 24.6 Å². The van der Waals surface area contributed by atoms with E-state index in [1.54, 1.807) is 18.2 Å². The van der Waals surface area contributed by atoms with Crippen molar-refractivity contribution in [1.82, 2.24) is 26.1 Å². The zero-order valence-corrected chi connectivity index (χ0v) is 26.7. The molecule has 2 aliphatic rings. The van der Waals surface area contributed by atoms with E-state index in [0.29, 0.717) is 67.2 Å². The summed E-state index contributed by atoms with van der Waals surface area (Å²) >= 11 is 1.89. The number of aryl methyl sites for hydroxylation is 1. The number of anilines is 1. The number of hydrogen-bond acceptors (Lipinski definition) is 11. The summed E-state index contributed by atoms with van der Waals surface area (Å²) in [5.74, 6) is 1.87. The average Bonchev–Trinajstić information content (AvgIpc) is 3.60. The second-order valence-electron chi connectivity index (χ2n) is 11.4. The minimum atomic E-state index is -1.62. The molecular weight excluding hydrogens is 611 g/mol. The monoisotopic (exact) mass is 652 g/mol. The number of urea groups is 1. The van der Waals surface area contributed by atoms with Gasteiger partial charge in [-0.3, -0.25) is 4.79 Å². The molecule has 2 saturated heterocycles. The van der Waals surface area contributed by atoms with Crippen LogP contribution in [0.5, 0.6) is 5.75 Å². The van der Waals surface area contributed by atoms with E-state index in [9.17, 15) is 19.6 Å². The molecule has 0 spiro atoms. The van der Waals surface area contributed by atoms with Gasteiger partial charge in [0, 0.05) is 40.3 Å². The number of fused-ring (bicyclic) bond motifs is 2. The minimum absolute atomic E-state index is 0.0160. The van der Waals surface area contributed by atoms with Gasteiger partial charge in [0.25, 0.3) is 0 Å². The molecule has 5 rings (SSSR count). The summed E-state index contributed by atoms with van der Waals surface area (Å²) in [6.07, 6.45) is 3.24. The van der Waals surface area contributed by atoms with Crippen molar-refractivity contribution in [2.24, 2.45) is 0 Å². The summed E-state index contributed by atoms with van der Waals surface area (Å²) in [5.41, 5.74) is 8.56. The summed E-state index contributed by atoms with van der Waals surface area (Å²) in [5, 5.41) is 38.5. The Morgan fingerprint density at radius 2 is 1.85 bits per heavy atom. The third-order valence-corrected chi connectivity index (χ3v) is 9.62. The lowest BCUT2D eigenvalue weighted by Crippen LogP contribution is -2.36. The van der Waals surface area contributed by atoms with E-state index in [1.807, 2.05) is 36.9 Å². The third kappa shape index (κ3) is 8.79. The molecule has 0 radical (unpaired) electrons. The fraction of sp³-hybridized carbons (Fsp3) is 0.484. The fourth-order valence-electron chi connectivity index (χ4n) is 5.69. The van der Waals surface area contributed by atoms with Crippen LogP contribution in [0.2, 0.25) is 0 Å². The van der Waals surface area contributed by atoms with Crippen LogP contribution in [0.4, 0.5) is 10.6 Å². The van der Waals surface area contributed by atoms with E-state index in [1.165, 1.54) is 0 Å². The van der Waals surface area contributed by atoms with Gasteiger partial charge in [0.2, 0.25) is 5.91 Å². The molecule has 0 aliphatic carbocycles. The van der Waals surface area contributed by atoms with Crippen LogP contribution in [-0.2, 0) is 14.3 Å². The van der Waals surface area contributed by atoms with E-state index in [-0.39, 0.29) is 30.6 Å². The highest BCUT2D eigenvalue weighted by Crippen LogP contribution is 2.34. The summed E-state index contributed by atoms with van der Waals surface area (Å²) in [4.78, 5) is 23.6. The quantitative estimate of drug-likeness (QED) is 0.0696. The van der Waals surface area contributed by atoms with Gasteiger partial charge in [-0.2, -0.15) is 16.9 Å². The van der Waals surface area contributed by atoms with E-state index in [2.05, 4.69) is 26.1 Å². The molecule has 13 nitrogen and oxygen atoms in total. The molecule has 3 aromatic rings. The molecule has 7 N–H and O–H groups in total. The molecule has 2 aromatic carbocycles. The lowest BCUT2D eigenvalue weighted by Gasteiger charge is -2.16. The Labute approximate surface area is 272 Å². The number of benzene rings is 2. The van der Waals surface area contributed by atoms with Gasteiger partial charge in [-0.15, -0.1) is 5.10 Å². The van der Waals surface area contributed by atoms with Crippen molar-refractivity contribution in [2.75, 3.05) is 51.1 Å². The molecule has 0 saturated carbocycles. The molecule has 3 atom stereocenters. The second kappa shape index (κ2) is 16.3. The Balaban J connectivity index is 0.953. The first-order chi connectivity index (χ1) is 22.3. The normalized spacial score (nSPS) is 18.7. The molecule has 246 valence electrons. The Kier molecular flexibility index (Phi) is 11.9. The first-order valence-corrected chi connectivity index (χ1v) is 16.6. The van der Waals surface area contributed by atoms with Crippen LogP contribution in [0, 0.1) is 6.92 Å². The number of amides is 3. The maximum absolute atomic E-state index is 12.1. The molecule has 0 bridgehead atoms. The van der Waals surface area contributed by atoms with Crippen molar-refractivity contribution in [3.8, 4) is 16.9 Å². The van der Waals surface area contributed by atoms with Crippen molar-refractivity contribution in [3.63, 3.8) is 0 Å². The van der Waals surface area contributed by atoms with Crippen LogP contribution in [0.1, 0.15) is 31.4 Å². The highest BCUT2D eigenvalue weighted by atomic mass is 32.2. The smallest absolute Gasteiger partial charge is 0.488 e. The summed E-state index contributed by atoms with van der Waals surface area (Å²) < 4.78 is 17.2. The van der Waals surface area contributed by atoms with Crippen LogP contribution < -0.4 is 31.9 Å². The van der Waals surface area contributed by atoms with Gasteiger partial charge in [0.1, 0.15) is 12.4 Å². The van der Waals surface area contributed by atoms with E-state index in [0.717, 1.165) is 47.0 Å². The first kappa shape index (κ1) is 33.7. The predicted octanol–water partition coefficient (Wildman–Crippen LogP) is 1.12. The van der Waals surface area contributed by atoms with Gasteiger partial charge in [0.05, 0.1) is 44.2 Å². The van der Waals surface area contributed by atoms with E-state index >= 15 is 0 Å². The zero-order chi connectivity index (χ0) is 32.5. The number of nitrogens with two attached hydrogens (primary N) is 1. The van der Waals surface area contributed by atoms with Crippen LogP contribution in [0.3, 0.4) is 0 Å². The van der Waals surface area contributed by atoms with Gasteiger partial charge in [-0.25, -0.2) is 4.79 Å². The molecule has 2 fully saturated rings. The SMILES string of the molecule is Cc1nnc(N)c2ccc(-c3cc(B(O)O)ccc3OCCOCCOCCNC(=O)CCCC[C@@H]3SC[C@@H]4NC(=O)N[C@@H]43)cc12. The number of rotatable bonds is 17. The maximum atomic E-state index is 12.1. The van der Waals surface area contributed by atoms with Crippen LogP contribution in [-0.4, -0.2) is 102 Å². The Morgan fingerprint density at radius 1 is 1.04 bits per heavy atom. The Hall–Kier alpha value is -3.63. The molecule has 3 heterocycles. The maximum Gasteiger partial charge on any atom is 0.488 e. The Bertz CT molecular complexity index is 1520. The predicted molar refractivity (Wildman–Crippen MR) is 178 cm³/mol. The number of aromatic nitrogens is 2. The number of carbonyl (C=O) groups is 2. The lowest BCUT2D eigenvalue weighted by molar-refractivity contribution is -0.121. The topological polar surface area (TPSA) is 190 Å². The van der Waals surface area contributed by atoms with Crippen molar-refractivity contribution in [1.29, 1.82) is 0 Å². The van der Waals surface area contributed by atoms with Gasteiger partial charge in [-0.05, 0) is 49.0 Å². The highest BCUT2D eigenvalue weighted by molar-refractivity contribution is 8.00. The molecule has 3 amide bonds. The summed E-state index contributed by atoms with van der Waals surface area (Å²) in [6, 6.07) is 11.0. The fourth-order valence-corrected chi connectivity index (χ4v) is 7.23. The second-order valence-corrected chi connectivity index (χ2v) is 12.6. The number of ether oxygens (including phenoxy) is 3. The number of thioether (sulfide) groups is 1. The number of nitrogen functional groups attached to an aromatic ring is 1. The van der Waals surface area contributed by atoms with Gasteiger partial charge < -0.3 is 45.9 Å². The number of hydrogen-bond donors (Lipinski definition) is 6. The number of unbranched alkanes of at least 4 members (excludes halogenated alkanes) is 1. The van der Waals surface area contributed by atoms with Crippen LogP contribution in [0.25, 0.3) is 21.9 Å². The van der Waals surface area contributed by atoms with E-state index < -0.39 is 7.12 Å². The van der Waals surface area contributed by atoms with Gasteiger partial charge in [0.15, 0.2) is 5.82 Å². The number of nitrogens with zero attached hydrogens (tertiary/aromatic N) is 2. The number of nitrogens with one attached hydrogen (secondary N) is 3.